The molecule has 0 aromatic heterocycles. The zero-order valence-corrected chi connectivity index (χ0v) is 23.8. The van der Waals surface area contributed by atoms with Crippen molar-refractivity contribution in [2.75, 3.05) is 32.7 Å². The van der Waals surface area contributed by atoms with Crippen LogP contribution in [0.15, 0.2) is 42.5 Å². The quantitative estimate of drug-likeness (QED) is 0.191. The number of unbranched alkanes of at least 4 members (excludes halogenated alkanes) is 2. The molecular formula is C27H42Br2N2O3. The Balaban J connectivity index is 0.00000289. The van der Waals surface area contributed by atoms with Crippen molar-refractivity contribution in [3.63, 3.8) is 0 Å². The molecular weight excluding hydrogens is 560 g/mol. The molecule has 0 radical (unpaired) electrons. The van der Waals surface area contributed by atoms with E-state index in [0.717, 1.165) is 44.5 Å². The first-order valence-corrected chi connectivity index (χ1v) is 12.3. The van der Waals surface area contributed by atoms with Gasteiger partial charge in [0.25, 0.3) is 0 Å². The highest BCUT2D eigenvalue weighted by Gasteiger charge is 2.24. The summed E-state index contributed by atoms with van der Waals surface area (Å²) in [4.78, 5) is 5.16. The van der Waals surface area contributed by atoms with Crippen molar-refractivity contribution in [3.05, 3.63) is 53.6 Å². The summed E-state index contributed by atoms with van der Waals surface area (Å²) < 4.78 is 0. The lowest BCUT2D eigenvalue weighted by Gasteiger charge is -2.25. The molecule has 5 nitrogen and oxygen atoms in total. The first kappa shape index (κ1) is 30.8. The third kappa shape index (κ3) is 10.1. The van der Waals surface area contributed by atoms with E-state index in [1.807, 2.05) is 18.2 Å². The molecule has 2 aromatic carbocycles. The van der Waals surface area contributed by atoms with E-state index >= 15 is 0 Å². The normalized spacial score (nSPS) is 15.8. The summed E-state index contributed by atoms with van der Waals surface area (Å²) in [6.45, 7) is 7.79. The molecule has 1 saturated heterocycles. The van der Waals surface area contributed by atoms with Crippen LogP contribution < -0.4 is 0 Å². The van der Waals surface area contributed by atoms with E-state index in [1.165, 1.54) is 50.8 Å². The van der Waals surface area contributed by atoms with Gasteiger partial charge in [0.2, 0.25) is 0 Å². The monoisotopic (exact) mass is 600 g/mol. The summed E-state index contributed by atoms with van der Waals surface area (Å²) in [6, 6.07) is 13.4. The lowest BCUT2D eigenvalue weighted by molar-refractivity contribution is 0.238. The van der Waals surface area contributed by atoms with Crippen LogP contribution in [0.2, 0.25) is 0 Å². The topological polar surface area (TPSA) is 67.2 Å². The summed E-state index contributed by atoms with van der Waals surface area (Å²) in [5.41, 5.74) is 2.30. The molecule has 3 N–H and O–H groups in total. The highest BCUT2D eigenvalue weighted by Crippen LogP contribution is 2.25. The average molecular weight is 602 g/mol. The van der Waals surface area contributed by atoms with Gasteiger partial charge < -0.3 is 25.1 Å². The van der Waals surface area contributed by atoms with Crippen molar-refractivity contribution in [1.29, 1.82) is 0 Å². The zero-order chi connectivity index (χ0) is 22.8. The minimum atomic E-state index is -0.0543. The Labute approximate surface area is 226 Å². The van der Waals surface area contributed by atoms with E-state index in [9.17, 15) is 15.3 Å². The summed E-state index contributed by atoms with van der Waals surface area (Å²) in [5.74, 6) is 0.279. The van der Waals surface area contributed by atoms with Crippen LogP contribution in [0.4, 0.5) is 0 Å². The van der Waals surface area contributed by atoms with Crippen LogP contribution in [-0.2, 0) is 12.8 Å². The Morgan fingerprint density at radius 2 is 1.71 bits per heavy atom. The van der Waals surface area contributed by atoms with Gasteiger partial charge >= 0.3 is 0 Å². The first-order chi connectivity index (χ1) is 15.5. The Hall–Kier alpha value is -1.28. The molecule has 192 valence electrons. The molecule has 1 heterocycles. The van der Waals surface area contributed by atoms with Crippen molar-refractivity contribution in [2.24, 2.45) is 0 Å². The van der Waals surface area contributed by atoms with Crippen LogP contribution in [0.3, 0.4) is 0 Å². The van der Waals surface area contributed by atoms with Gasteiger partial charge in [0.15, 0.2) is 11.5 Å². The maximum absolute atomic E-state index is 9.72. The molecule has 2 aromatic rings. The molecule has 0 saturated carbocycles. The van der Waals surface area contributed by atoms with Gasteiger partial charge in [0.05, 0.1) is 0 Å². The number of hydrogen-bond donors (Lipinski definition) is 3. The van der Waals surface area contributed by atoms with E-state index in [1.54, 1.807) is 18.2 Å². The molecule has 7 heteroatoms. The van der Waals surface area contributed by atoms with E-state index in [4.69, 9.17) is 0 Å². The second kappa shape index (κ2) is 16.4. The zero-order valence-electron chi connectivity index (χ0n) is 20.4. The minimum Gasteiger partial charge on any atom is -0.508 e. The van der Waals surface area contributed by atoms with Gasteiger partial charge in [-0.05, 0) is 107 Å². The fourth-order valence-electron chi connectivity index (χ4n) is 4.87. The lowest BCUT2D eigenvalue weighted by atomic mass is 10.0. The second-order valence-electron chi connectivity index (χ2n) is 9.18. The number of halogens is 2. The minimum absolute atomic E-state index is 0. The summed E-state index contributed by atoms with van der Waals surface area (Å²) >= 11 is 0. The largest absolute Gasteiger partial charge is 0.508 e. The van der Waals surface area contributed by atoms with Gasteiger partial charge in [-0.2, -0.15) is 0 Å². The molecule has 0 unspecified atom stereocenters. The number of phenols is 3. The third-order valence-corrected chi connectivity index (χ3v) is 6.60. The summed E-state index contributed by atoms with van der Waals surface area (Å²) in [6.07, 6.45) is 9.30. The van der Waals surface area contributed by atoms with Crippen molar-refractivity contribution >= 4 is 34.0 Å². The Kier molecular flexibility index (Phi) is 14.8. The molecule has 1 atom stereocenters. The van der Waals surface area contributed by atoms with E-state index in [2.05, 4.69) is 22.8 Å². The van der Waals surface area contributed by atoms with E-state index < -0.39 is 0 Å². The number of hydrogen-bond acceptors (Lipinski definition) is 5. The van der Waals surface area contributed by atoms with Crippen molar-refractivity contribution in [2.45, 2.75) is 64.3 Å². The average Bonchev–Trinajstić information content (AvgIpc) is 3.21. The standard InChI is InChI=1S/C27H40N2O3.2BrH/c1-2-14-28(18-13-22-11-12-26(31)27(32)21-22)15-4-3-5-16-29-17-7-9-24(29)19-23-8-6-10-25(30)20-23;;/h6,8,10-12,20-21,24,30-32H,2-5,7,9,13-19H2,1H3;2*1H/t24-;;/m1../s1. The molecule has 1 aliphatic rings. The molecule has 0 aliphatic carbocycles. The number of nitrogens with zero attached hydrogens (tertiary/aromatic N) is 2. The fraction of sp³-hybridized carbons (Fsp3) is 0.556. The Morgan fingerprint density at radius 3 is 2.44 bits per heavy atom. The maximum Gasteiger partial charge on any atom is 0.157 e. The fourth-order valence-corrected chi connectivity index (χ4v) is 4.87. The molecule has 1 aliphatic heterocycles. The molecule has 0 spiro atoms. The van der Waals surface area contributed by atoms with Gasteiger partial charge in [-0.25, -0.2) is 0 Å². The smallest absolute Gasteiger partial charge is 0.157 e. The number of benzene rings is 2. The van der Waals surface area contributed by atoms with Gasteiger partial charge in [0, 0.05) is 12.6 Å². The summed E-state index contributed by atoms with van der Waals surface area (Å²) in [5, 5.41) is 28.9. The van der Waals surface area contributed by atoms with Crippen molar-refractivity contribution in [1.82, 2.24) is 9.80 Å². The van der Waals surface area contributed by atoms with Crippen LogP contribution in [0.1, 0.15) is 56.6 Å². The molecule has 3 rings (SSSR count). The van der Waals surface area contributed by atoms with Gasteiger partial charge in [-0.15, -0.1) is 34.0 Å². The van der Waals surface area contributed by atoms with Crippen molar-refractivity contribution < 1.29 is 15.3 Å². The highest BCUT2D eigenvalue weighted by molar-refractivity contribution is 8.93. The van der Waals surface area contributed by atoms with Crippen LogP contribution in [0.25, 0.3) is 0 Å². The second-order valence-corrected chi connectivity index (χ2v) is 9.18. The Morgan fingerprint density at radius 1 is 0.882 bits per heavy atom. The van der Waals surface area contributed by atoms with E-state index in [0.29, 0.717) is 11.8 Å². The molecule has 0 amide bonds. The summed E-state index contributed by atoms with van der Waals surface area (Å²) in [7, 11) is 0. The van der Waals surface area contributed by atoms with Gasteiger partial charge in [-0.1, -0.05) is 31.5 Å². The molecule has 0 bridgehead atoms. The van der Waals surface area contributed by atoms with Crippen LogP contribution >= 0.6 is 34.0 Å². The molecule has 34 heavy (non-hydrogen) atoms. The predicted molar refractivity (Wildman–Crippen MR) is 151 cm³/mol. The molecule has 1 fully saturated rings. The SMILES string of the molecule is Br.Br.CCCN(CCCCCN1CCC[C@@H]1Cc1cccc(O)c1)CCc1ccc(O)c(O)c1. The van der Waals surface area contributed by atoms with E-state index in [-0.39, 0.29) is 45.5 Å². The number of rotatable bonds is 13. The first-order valence-electron chi connectivity index (χ1n) is 12.3. The predicted octanol–water partition coefficient (Wildman–Crippen LogP) is 6.09. The van der Waals surface area contributed by atoms with Crippen molar-refractivity contribution in [3.8, 4) is 17.2 Å². The van der Waals surface area contributed by atoms with Crippen LogP contribution in [0.5, 0.6) is 17.2 Å². The number of likely N-dealkylation sites (tertiary alicyclic amines) is 1. The number of phenolic OH excluding ortho intramolecular Hbond substituents is 3. The number of aromatic hydroxyl groups is 3. The highest BCUT2D eigenvalue weighted by atomic mass is 79.9. The van der Waals surface area contributed by atoms with Crippen LogP contribution in [-0.4, -0.2) is 63.9 Å². The maximum atomic E-state index is 9.72. The Bertz CT molecular complexity index is 837. The lowest BCUT2D eigenvalue weighted by Crippen LogP contribution is -2.32. The van der Waals surface area contributed by atoms with Gasteiger partial charge in [-0.3, -0.25) is 0 Å². The third-order valence-electron chi connectivity index (χ3n) is 6.60. The van der Waals surface area contributed by atoms with Gasteiger partial charge in [0.1, 0.15) is 5.75 Å². The van der Waals surface area contributed by atoms with Crippen LogP contribution in [0, 0.1) is 0 Å².